The molecule has 1 aliphatic rings. The zero-order valence-corrected chi connectivity index (χ0v) is 8.05. The molecule has 3 nitrogen and oxygen atoms in total. The number of hydrogen-bond acceptors (Lipinski definition) is 2. The first kappa shape index (κ1) is 9.52. The number of nitrogens with one attached hydrogen (secondary N) is 1. The summed E-state index contributed by atoms with van der Waals surface area (Å²) < 4.78 is 0. The molecule has 0 bridgehead atoms. The van der Waals surface area contributed by atoms with E-state index in [0.717, 1.165) is 12.8 Å². The topological polar surface area (TPSA) is 55.1 Å². The Morgan fingerprint density at radius 3 is 2.42 bits per heavy atom. The van der Waals surface area contributed by atoms with Crippen molar-refractivity contribution in [3.8, 4) is 0 Å². The van der Waals surface area contributed by atoms with E-state index >= 15 is 0 Å². The molecule has 12 heavy (non-hydrogen) atoms. The molecule has 1 saturated carbocycles. The van der Waals surface area contributed by atoms with Crippen molar-refractivity contribution in [3.63, 3.8) is 0 Å². The van der Waals surface area contributed by atoms with E-state index in [0.29, 0.717) is 5.92 Å². The first-order chi connectivity index (χ1) is 5.44. The van der Waals surface area contributed by atoms with Crippen LogP contribution < -0.4 is 11.1 Å². The Hall–Kier alpha value is -0.570. The lowest BCUT2D eigenvalue weighted by Gasteiger charge is -2.24. The number of carbonyl (C=O) groups excluding carboxylic acids is 1. The van der Waals surface area contributed by atoms with Crippen LogP contribution in [-0.2, 0) is 4.79 Å². The van der Waals surface area contributed by atoms with Crippen molar-refractivity contribution in [2.24, 2.45) is 11.7 Å². The lowest BCUT2D eigenvalue weighted by molar-refractivity contribution is -0.127. The molecule has 70 valence electrons. The van der Waals surface area contributed by atoms with E-state index in [9.17, 15) is 4.79 Å². The van der Waals surface area contributed by atoms with Crippen molar-refractivity contribution in [1.29, 1.82) is 0 Å². The van der Waals surface area contributed by atoms with Crippen LogP contribution in [0.25, 0.3) is 0 Å². The predicted molar refractivity (Wildman–Crippen MR) is 48.6 cm³/mol. The molecule has 3 heteroatoms. The van der Waals surface area contributed by atoms with Crippen LogP contribution in [0, 0.1) is 5.92 Å². The zero-order chi connectivity index (χ0) is 9.35. The first-order valence-electron chi connectivity index (χ1n) is 4.54. The van der Waals surface area contributed by atoms with E-state index < -0.39 is 5.54 Å². The average Bonchev–Trinajstić information content (AvgIpc) is 2.65. The standard InChI is InChI=1S/C9H18N2O/c1-6(2)11-8(12)9(3,10)7-4-5-7/h6-7H,4-5,10H2,1-3H3,(H,11,12). The fraction of sp³-hybridized carbons (Fsp3) is 0.889. The van der Waals surface area contributed by atoms with Crippen LogP contribution in [0.2, 0.25) is 0 Å². The van der Waals surface area contributed by atoms with Gasteiger partial charge in [-0.3, -0.25) is 4.79 Å². The zero-order valence-electron chi connectivity index (χ0n) is 8.05. The van der Waals surface area contributed by atoms with Gasteiger partial charge in [0.05, 0.1) is 5.54 Å². The minimum atomic E-state index is -0.649. The minimum Gasteiger partial charge on any atom is -0.352 e. The number of carbonyl (C=O) groups is 1. The molecule has 1 unspecified atom stereocenters. The van der Waals surface area contributed by atoms with Gasteiger partial charge in [0.15, 0.2) is 0 Å². The molecule has 1 aliphatic carbocycles. The molecular weight excluding hydrogens is 152 g/mol. The first-order valence-corrected chi connectivity index (χ1v) is 4.54. The molecule has 3 N–H and O–H groups in total. The molecule has 1 rings (SSSR count). The van der Waals surface area contributed by atoms with Gasteiger partial charge in [0, 0.05) is 6.04 Å². The van der Waals surface area contributed by atoms with Gasteiger partial charge in [-0.1, -0.05) is 0 Å². The summed E-state index contributed by atoms with van der Waals surface area (Å²) in [6.45, 7) is 5.71. The fourth-order valence-corrected chi connectivity index (χ4v) is 1.29. The van der Waals surface area contributed by atoms with E-state index in [1.807, 2.05) is 20.8 Å². The fourth-order valence-electron chi connectivity index (χ4n) is 1.29. The maximum absolute atomic E-state index is 11.5. The average molecular weight is 170 g/mol. The van der Waals surface area contributed by atoms with E-state index in [1.54, 1.807) is 0 Å². The third kappa shape index (κ3) is 1.97. The van der Waals surface area contributed by atoms with Crippen LogP contribution in [0.3, 0.4) is 0 Å². The second kappa shape index (κ2) is 3.05. The van der Waals surface area contributed by atoms with Gasteiger partial charge in [-0.2, -0.15) is 0 Å². The molecule has 0 radical (unpaired) electrons. The molecule has 0 aromatic rings. The van der Waals surface area contributed by atoms with Crippen LogP contribution in [0.4, 0.5) is 0 Å². The molecule has 0 spiro atoms. The highest BCUT2D eigenvalue weighted by atomic mass is 16.2. The van der Waals surface area contributed by atoms with Gasteiger partial charge >= 0.3 is 0 Å². The summed E-state index contributed by atoms with van der Waals surface area (Å²) in [7, 11) is 0. The molecular formula is C9H18N2O. The Bertz CT molecular complexity index is 183. The molecule has 0 aromatic heterocycles. The molecule has 1 fully saturated rings. The summed E-state index contributed by atoms with van der Waals surface area (Å²) in [4.78, 5) is 11.5. The predicted octanol–water partition coefficient (Wildman–Crippen LogP) is 0.638. The maximum Gasteiger partial charge on any atom is 0.240 e. The normalized spacial score (nSPS) is 22.1. The molecule has 1 amide bonds. The maximum atomic E-state index is 11.5. The molecule has 1 atom stereocenters. The van der Waals surface area contributed by atoms with Crippen LogP contribution >= 0.6 is 0 Å². The van der Waals surface area contributed by atoms with Gasteiger partial charge in [-0.05, 0) is 39.5 Å². The molecule has 0 aromatic carbocycles. The SMILES string of the molecule is CC(C)NC(=O)C(C)(N)C1CC1. The highest BCUT2D eigenvalue weighted by molar-refractivity contribution is 5.86. The van der Waals surface area contributed by atoms with E-state index in [-0.39, 0.29) is 11.9 Å². The van der Waals surface area contributed by atoms with E-state index in [4.69, 9.17) is 5.73 Å². The summed E-state index contributed by atoms with van der Waals surface area (Å²) in [5.74, 6) is 0.385. The summed E-state index contributed by atoms with van der Waals surface area (Å²) >= 11 is 0. The second-order valence-electron chi connectivity index (χ2n) is 4.19. The van der Waals surface area contributed by atoms with Crippen molar-refractivity contribution in [2.45, 2.75) is 45.2 Å². The Kier molecular flexibility index (Phi) is 2.42. The van der Waals surface area contributed by atoms with Crippen LogP contribution in [0.5, 0.6) is 0 Å². The third-order valence-electron chi connectivity index (χ3n) is 2.33. The van der Waals surface area contributed by atoms with Crippen LogP contribution in [-0.4, -0.2) is 17.5 Å². The van der Waals surface area contributed by atoms with Crippen molar-refractivity contribution in [2.75, 3.05) is 0 Å². The van der Waals surface area contributed by atoms with Crippen molar-refractivity contribution >= 4 is 5.91 Å². The van der Waals surface area contributed by atoms with E-state index in [1.165, 1.54) is 0 Å². The van der Waals surface area contributed by atoms with Gasteiger partial charge in [0.1, 0.15) is 0 Å². The molecule has 0 saturated heterocycles. The summed E-state index contributed by atoms with van der Waals surface area (Å²) in [6.07, 6.45) is 2.19. The second-order valence-corrected chi connectivity index (χ2v) is 4.19. The van der Waals surface area contributed by atoms with Gasteiger partial charge in [-0.15, -0.1) is 0 Å². The van der Waals surface area contributed by atoms with Crippen molar-refractivity contribution in [3.05, 3.63) is 0 Å². The third-order valence-corrected chi connectivity index (χ3v) is 2.33. The van der Waals surface area contributed by atoms with Crippen molar-refractivity contribution < 1.29 is 4.79 Å². The number of amides is 1. The Morgan fingerprint density at radius 1 is 1.58 bits per heavy atom. The van der Waals surface area contributed by atoms with Crippen LogP contribution in [0.1, 0.15) is 33.6 Å². The van der Waals surface area contributed by atoms with Crippen LogP contribution in [0.15, 0.2) is 0 Å². The minimum absolute atomic E-state index is 0.0139. The quantitative estimate of drug-likeness (QED) is 0.653. The summed E-state index contributed by atoms with van der Waals surface area (Å²) in [5.41, 5.74) is 5.25. The number of rotatable bonds is 3. The summed E-state index contributed by atoms with van der Waals surface area (Å²) in [6, 6.07) is 0.180. The number of hydrogen-bond donors (Lipinski definition) is 2. The van der Waals surface area contributed by atoms with E-state index in [2.05, 4.69) is 5.32 Å². The Morgan fingerprint density at radius 2 is 2.08 bits per heavy atom. The van der Waals surface area contributed by atoms with Gasteiger partial charge in [-0.25, -0.2) is 0 Å². The molecule has 0 aliphatic heterocycles. The Labute approximate surface area is 73.7 Å². The van der Waals surface area contributed by atoms with Gasteiger partial charge in [0.25, 0.3) is 0 Å². The molecule has 0 heterocycles. The lowest BCUT2D eigenvalue weighted by Crippen LogP contribution is -2.54. The van der Waals surface area contributed by atoms with Crippen molar-refractivity contribution in [1.82, 2.24) is 5.32 Å². The highest BCUT2D eigenvalue weighted by Gasteiger charge is 2.43. The highest BCUT2D eigenvalue weighted by Crippen LogP contribution is 2.38. The van der Waals surface area contributed by atoms with Gasteiger partial charge in [0.2, 0.25) is 5.91 Å². The van der Waals surface area contributed by atoms with Gasteiger partial charge < -0.3 is 11.1 Å². The lowest BCUT2D eigenvalue weighted by atomic mass is 9.96. The summed E-state index contributed by atoms with van der Waals surface area (Å²) in [5, 5.41) is 2.84. The largest absolute Gasteiger partial charge is 0.352 e. The monoisotopic (exact) mass is 170 g/mol. The number of nitrogens with two attached hydrogens (primary N) is 1. The Balaban J connectivity index is 2.49. The smallest absolute Gasteiger partial charge is 0.240 e.